The summed E-state index contributed by atoms with van der Waals surface area (Å²) in [5.74, 6) is 1.50. The number of carbonyl (C=O) groups is 1. The summed E-state index contributed by atoms with van der Waals surface area (Å²) in [6, 6.07) is 15.7. The molecule has 140 valence electrons. The van der Waals surface area contributed by atoms with Crippen LogP contribution in [0.5, 0.6) is 5.75 Å². The fraction of sp³-hybridized carbons (Fsp3) is 0.190. The van der Waals surface area contributed by atoms with Crippen molar-refractivity contribution in [2.24, 2.45) is 0 Å². The predicted molar refractivity (Wildman–Crippen MR) is 108 cm³/mol. The highest BCUT2D eigenvalue weighted by atomic mass is 32.1. The summed E-state index contributed by atoms with van der Waals surface area (Å²) in [5.41, 5.74) is 5.36. The van der Waals surface area contributed by atoms with E-state index in [9.17, 15) is 4.79 Å². The first-order valence-electron chi connectivity index (χ1n) is 9.14. The zero-order valence-electron chi connectivity index (χ0n) is 15.0. The second-order valence-electron chi connectivity index (χ2n) is 6.68. The number of aromatic nitrogens is 3. The number of hydrogen-bond acceptors (Lipinski definition) is 5. The lowest BCUT2D eigenvalue weighted by Crippen LogP contribution is -2.34. The van der Waals surface area contributed by atoms with Gasteiger partial charge in [-0.2, -0.15) is 0 Å². The molecule has 2 aromatic carbocycles. The Balaban J connectivity index is 1.45. The van der Waals surface area contributed by atoms with Gasteiger partial charge in [0.05, 0.1) is 29.2 Å². The van der Waals surface area contributed by atoms with E-state index >= 15 is 0 Å². The number of fused-ring (bicyclic) bond motifs is 2. The van der Waals surface area contributed by atoms with Gasteiger partial charge < -0.3 is 14.6 Å². The molecule has 28 heavy (non-hydrogen) atoms. The van der Waals surface area contributed by atoms with Crippen LogP contribution in [0.1, 0.15) is 18.0 Å². The molecule has 1 aliphatic heterocycles. The van der Waals surface area contributed by atoms with Gasteiger partial charge in [0, 0.05) is 17.4 Å². The van der Waals surface area contributed by atoms with Gasteiger partial charge in [0.25, 0.3) is 0 Å². The number of ether oxygens (including phenoxy) is 1. The van der Waals surface area contributed by atoms with Crippen molar-refractivity contribution in [3.63, 3.8) is 0 Å². The molecule has 3 heterocycles. The number of thiazole rings is 1. The van der Waals surface area contributed by atoms with Crippen LogP contribution in [0.3, 0.4) is 0 Å². The summed E-state index contributed by atoms with van der Waals surface area (Å²) in [5, 5.41) is 5.11. The van der Waals surface area contributed by atoms with E-state index in [-0.39, 0.29) is 18.5 Å². The van der Waals surface area contributed by atoms with E-state index in [2.05, 4.69) is 10.3 Å². The van der Waals surface area contributed by atoms with Crippen LogP contribution in [0, 0.1) is 0 Å². The minimum absolute atomic E-state index is 0.0463. The Morgan fingerprint density at radius 2 is 2.07 bits per heavy atom. The second kappa shape index (κ2) is 7.09. The minimum Gasteiger partial charge on any atom is -0.493 e. The number of hydrogen-bond donors (Lipinski definition) is 1. The maximum Gasteiger partial charge on any atom is 0.240 e. The molecule has 0 saturated heterocycles. The van der Waals surface area contributed by atoms with Crippen molar-refractivity contribution in [3.8, 4) is 17.3 Å². The highest BCUT2D eigenvalue weighted by molar-refractivity contribution is 7.07. The maximum absolute atomic E-state index is 12.9. The molecule has 0 bridgehead atoms. The van der Waals surface area contributed by atoms with Gasteiger partial charge in [-0.1, -0.05) is 30.3 Å². The third-order valence-electron chi connectivity index (χ3n) is 4.91. The van der Waals surface area contributed by atoms with Crippen molar-refractivity contribution in [2.75, 3.05) is 6.61 Å². The third-order valence-corrected chi connectivity index (χ3v) is 5.50. The fourth-order valence-corrected chi connectivity index (χ4v) is 4.16. The molecule has 4 aromatic rings. The van der Waals surface area contributed by atoms with E-state index in [4.69, 9.17) is 9.72 Å². The lowest BCUT2D eigenvalue weighted by molar-refractivity contribution is -0.122. The summed E-state index contributed by atoms with van der Waals surface area (Å²) in [6.45, 7) is 0.785. The fourth-order valence-electron chi connectivity index (χ4n) is 3.63. The molecule has 0 spiro atoms. The number of rotatable bonds is 4. The maximum atomic E-state index is 12.9. The van der Waals surface area contributed by atoms with E-state index in [0.29, 0.717) is 12.4 Å². The van der Waals surface area contributed by atoms with E-state index in [1.807, 2.05) is 58.5 Å². The molecule has 0 saturated carbocycles. The zero-order chi connectivity index (χ0) is 18.9. The highest BCUT2D eigenvalue weighted by Gasteiger charge is 2.24. The van der Waals surface area contributed by atoms with Gasteiger partial charge in [-0.25, -0.2) is 9.97 Å². The Kier molecular flexibility index (Phi) is 4.29. The van der Waals surface area contributed by atoms with E-state index in [1.54, 1.807) is 5.51 Å². The standard InChI is InChI=1S/C21H18N4O2S/c26-20(23-15-9-10-27-19-8-4-1-5-14(15)19)11-25-18-7-3-2-6-16(18)24-21(25)17-12-28-13-22-17/h1-8,12-13,15H,9-11H2,(H,23,26). The smallest absolute Gasteiger partial charge is 0.240 e. The molecule has 0 fully saturated rings. The molecule has 2 aromatic heterocycles. The summed E-state index contributed by atoms with van der Waals surface area (Å²) >= 11 is 1.51. The summed E-state index contributed by atoms with van der Waals surface area (Å²) in [4.78, 5) is 22.0. The number of amides is 1. The predicted octanol–water partition coefficient (Wildman–Crippen LogP) is 3.80. The van der Waals surface area contributed by atoms with Crippen LogP contribution in [0.15, 0.2) is 59.4 Å². The minimum atomic E-state index is -0.0543. The Bertz CT molecular complexity index is 1140. The molecule has 1 amide bonds. The van der Waals surface area contributed by atoms with Crippen LogP contribution in [0.2, 0.25) is 0 Å². The lowest BCUT2D eigenvalue weighted by Gasteiger charge is -2.26. The van der Waals surface area contributed by atoms with Crippen molar-refractivity contribution in [2.45, 2.75) is 19.0 Å². The number of nitrogens with zero attached hydrogens (tertiary/aromatic N) is 3. The Morgan fingerprint density at radius 3 is 2.96 bits per heavy atom. The quantitative estimate of drug-likeness (QED) is 0.575. The van der Waals surface area contributed by atoms with Gasteiger partial charge in [-0.05, 0) is 18.2 Å². The molecule has 0 aliphatic carbocycles. The van der Waals surface area contributed by atoms with Crippen molar-refractivity contribution >= 4 is 28.3 Å². The van der Waals surface area contributed by atoms with Crippen LogP contribution in [0.25, 0.3) is 22.6 Å². The van der Waals surface area contributed by atoms with Crippen LogP contribution >= 0.6 is 11.3 Å². The van der Waals surface area contributed by atoms with Crippen molar-refractivity contribution in [1.82, 2.24) is 19.9 Å². The monoisotopic (exact) mass is 390 g/mol. The number of nitrogens with one attached hydrogen (secondary N) is 1. The SMILES string of the molecule is O=C(Cn1c(-c2cscn2)nc2ccccc21)NC1CCOc2ccccc21. The van der Waals surface area contributed by atoms with Gasteiger partial charge in [-0.3, -0.25) is 4.79 Å². The van der Waals surface area contributed by atoms with Gasteiger partial charge in [0.15, 0.2) is 5.82 Å². The van der Waals surface area contributed by atoms with Crippen LogP contribution in [0.4, 0.5) is 0 Å². The second-order valence-corrected chi connectivity index (χ2v) is 7.40. The number of benzene rings is 2. The van der Waals surface area contributed by atoms with E-state index in [1.165, 1.54) is 11.3 Å². The molecule has 0 radical (unpaired) electrons. The number of para-hydroxylation sites is 3. The Hall–Kier alpha value is -3.19. The van der Waals surface area contributed by atoms with Crippen LogP contribution in [-0.4, -0.2) is 27.0 Å². The van der Waals surface area contributed by atoms with E-state index in [0.717, 1.165) is 34.5 Å². The van der Waals surface area contributed by atoms with Gasteiger partial charge in [-0.15, -0.1) is 11.3 Å². The van der Waals surface area contributed by atoms with Crippen molar-refractivity contribution in [1.29, 1.82) is 0 Å². The molecule has 1 N–H and O–H groups in total. The molecule has 5 rings (SSSR count). The van der Waals surface area contributed by atoms with Crippen molar-refractivity contribution in [3.05, 3.63) is 65.0 Å². The van der Waals surface area contributed by atoms with E-state index < -0.39 is 0 Å². The molecule has 1 aliphatic rings. The average molecular weight is 390 g/mol. The highest BCUT2D eigenvalue weighted by Crippen LogP contribution is 2.31. The normalized spacial score (nSPS) is 15.8. The first kappa shape index (κ1) is 16.9. The zero-order valence-corrected chi connectivity index (χ0v) is 15.9. The molecule has 6 nitrogen and oxygen atoms in total. The van der Waals surface area contributed by atoms with Gasteiger partial charge >= 0.3 is 0 Å². The third kappa shape index (κ3) is 3.03. The number of carbonyl (C=O) groups excluding carboxylic acids is 1. The van der Waals surface area contributed by atoms with Crippen LogP contribution in [-0.2, 0) is 11.3 Å². The first-order chi connectivity index (χ1) is 13.8. The first-order valence-corrected chi connectivity index (χ1v) is 10.1. The summed E-state index contributed by atoms with van der Waals surface area (Å²) in [6.07, 6.45) is 0.756. The van der Waals surface area contributed by atoms with Gasteiger partial charge in [0.1, 0.15) is 18.0 Å². The average Bonchev–Trinajstić information content (AvgIpc) is 3.37. The molecule has 1 atom stereocenters. The molecular weight excluding hydrogens is 372 g/mol. The number of imidazole rings is 1. The Labute approximate surface area is 165 Å². The largest absolute Gasteiger partial charge is 0.493 e. The van der Waals surface area contributed by atoms with Crippen LogP contribution < -0.4 is 10.1 Å². The molecular formula is C21H18N4O2S. The summed E-state index contributed by atoms with van der Waals surface area (Å²) < 4.78 is 7.63. The summed E-state index contributed by atoms with van der Waals surface area (Å²) in [7, 11) is 0. The Morgan fingerprint density at radius 1 is 1.21 bits per heavy atom. The topological polar surface area (TPSA) is 69.0 Å². The van der Waals surface area contributed by atoms with Gasteiger partial charge in [0.2, 0.25) is 5.91 Å². The lowest BCUT2D eigenvalue weighted by atomic mass is 10.0. The molecule has 7 heteroatoms. The van der Waals surface area contributed by atoms with Crippen molar-refractivity contribution < 1.29 is 9.53 Å². The molecule has 1 unspecified atom stereocenters.